The number of rotatable bonds is 4. The van der Waals surface area contributed by atoms with E-state index in [-0.39, 0.29) is 16.8 Å². The molecule has 0 spiro atoms. The number of benzene rings is 2. The Morgan fingerprint density at radius 2 is 1.85 bits per heavy atom. The van der Waals surface area contributed by atoms with Crippen LogP contribution in [0.2, 0.25) is 5.02 Å². The lowest BCUT2D eigenvalue weighted by atomic mass is 10.1. The summed E-state index contributed by atoms with van der Waals surface area (Å²) in [6.07, 6.45) is 0. The zero-order valence-electron chi connectivity index (χ0n) is 11.1. The second kappa shape index (κ2) is 6.09. The van der Waals surface area contributed by atoms with Gasteiger partial charge in [-0.2, -0.15) is 0 Å². The molecule has 0 aliphatic heterocycles. The van der Waals surface area contributed by atoms with Crippen molar-refractivity contribution in [1.82, 2.24) is 0 Å². The molecule has 0 saturated heterocycles. The highest BCUT2D eigenvalue weighted by Gasteiger charge is 2.10. The summed E-state index contributed by atoms with van der Waals surface area (Å²) >= 11 is 5.72. The first kappa shape index (κ1) is 14.6. The highest BCUT2D eigenvalue weighted by molar-refractivity contribution is 6.31. The number of anilines is 1. The Hall–Kier alpha value is -1.81. The fourth-order valence-electron chi connectivity index (χ4n) is 1.87. The van der Waals surface area contributed by atoms with Gasteiger partial charge in [0.2, 0.25) is 0 Å². The SMILES string of the molecule is COc1ccc(C(C)Nc2ccc(F)c(Cl)c2)cc1F. The first-order valence-corrected chi connectivity index (χ1v) is 6.44. The Kier molecular flexibility index (Phi) is 4.45. The third-order valence-electron chi connectivity index (χ3n) is 2.98. The first-order chi connectivity index (χ1) is 9.51. The van der Waals surface area contributed by atoms with Crippen LogP contribution in [0.15, 0.2) is 36.4 Å². The monoisotopic (exact) mass is 297 g/mol. The lowest BCUT2D eigenvalue weighted by Crippen LogP contribution is -2.07. The largest absolute Gasteiger partial charge is 0.494 e. The third kappa shape index (κ3) is 3.20. The van der Waals surface area contributed by atoms with Crippen LogP contribution in [0.4, 0.5) is 14.5 Å². The fourth-order valence-corrected chi connectivity index (χ4v) is 2.05. The lowest BCUT2D eigenvalue weighted by molar-refractivity contribution is 0.386. The van der Waals surface area contributed by atoms with Crippen LogP contribution in [-0.2, 0) is 0 Å². The molecule has 20 heavy (non-hydrogen) atoms. The van der Waals surface area contributed by atoms with Crippen molar-refractivity contribution >= 4 is 17.3 Å². The van der Waals surface area contributed by atoms with Crippen molar-refractivity contribution in [3.63, 3.8) is 0 Å². The summed E-state index contributed by atoms with van der Waals surface area (Å²) in [5.41, 5.74) is 1.42. The van der Waals surface area contributed by atoms with Gasteiger partial charge in [-0.25, -0.2) is 8.78 Å². The van der Waals surface area contributed by atoms with Crippen LogP contribution in [0, 0.1) is 11.6 Å². The van der Waals surface area contributed by atoms with Crippen LogP contribution < -0.4 is 10.1 Å². The van der Waals surface area contributed by atoms with Crippen molar-refractivity contribution in [2.75, 3.05) is 12.4 Å². The predicted octanol–water partition coefficient (Wildman–Crippen LogP) is 4.80. The molecule has 2 aromatic rings. The number of ether oxygens (including phenoxy) is 1. The second-order valence-corrected chi connectivity index (χ2v) is 4.80. The van der Waals surface area contributed by atoms with Crippen molar-refractivity contribution in [2.24, 2.45) is 0 Å². The molecule has 0 heterocycles. The minimum absolute atomic E-state index is 0.0445. The molecule has 5 heteroatoms. The molecule has 1 unspecified atom stereocenters. The Balaban J connectivity index is 2.17. The van der Waals surface area contributed by atoms with E-state index >= 15 is 0 Å². The van der Waals surface area contributed by atoms with Gasteiger partial charge in [0.25, 0.3) is 0 Å². The standard InChI is InChI=1S/C15H14ClF2NO/c1-9(10-3-6-15(20-2)14(18)7-10)19-11-4-5-13(17)12(16)8-11/h3-9,19H,1-2H3. The van der Waals surface area contributed by atoms with Crippen molar-refractivity contribution in [1.29, 1.82) is 0 Å². The average Bonchev–Trinajstić information content (AvgIpc) is 2.42. The number of hydrogen-bond acceptors (Lipinski definition) is 2. The lowest BCUT2D eigenvalue weighted by Gasteiger charge is -2.16. The number of nitrogens with one attached hydrogen (secondary N) is 1. The summed E-state index contributed by atoms with van der Waals surface area (Å²) in [5, 5.41) is 3.18. The molecule has 0 aliphatic carbocycles. The van der Waals surface area contributed by atoms with E-state index in [1.165, 1.54) is 25.3 Å². The van der Waals surface area contributed by atoms with E-state index < -0.39 is 11.6 Å². The molecule has 0 saturated carbocycles. The first-order valence-electron chi connectivity index (χ1n) is 6.06. The van der Waals surface area contributed by atoms with Crippen molar-refractivity contribution in [3.05, 3.63) is 58.6 Å². The maximum Gasteiger partial charge on any atom is 0.165 e. The molecule has 0 bridgehead atoms. The average molecular weight is 298 g/mol. The normalized spacial score (nSPS) is 12.1. The van der Waals surface area contributed by atoms with E-state index in [0.717, 1.165) is 5.56 Å². The minimum atomic E-state index is -0.472. The predicted molar refractivity (Wildman–Crippen MR) is 76.4 cm³/mol. The van der Waals surface area contributed by atoms with E-state index in [4.69, 9.17) is 16.3 Å². The maximum atomic E-state index is 13.6. The summed E-state index contributed by atoms with van der Waals surface area (Å²) < 4.78 is 31.6. The zero-order valence-corrected chi connectivity index (χ0v) is 11.8. The third-order valence-corrected chi connectivity index (χ3v) is 3.27. The molecular weight excluding hydrogens is 284 g/mol. The zero-order chi connectivity index (χ0) is 14.7. The Morgan fingerprint density at radius 1 is 1.10 bits per heavy atom. The fraction of sp³-hybridized carbons (Fsp3) is 0.200. The topological polar surface area (TPSA) is 21.3 Å². The molecule has 2 aromatic carbocycles. The number of hydrogen-bond donors (Lipinski definition) is 1. The number of halogens is 3. The minimum Gasteiger partial charge on any atom is -0.494 e. The van der Waals surface area contributed by atoms with Crippen molar-refractivity contribution < 1.29 is 13.5 Å². The molecule has 1 N–H and O–H groups in total. The smallest absolute Gasteiger partial charge is 0.165 e. The highest BCUT2D eigenvalue weighted by Crippen LogP contribution is 2.26. The quantitative estimate of drug-likeness (QED) is 0.875. The molecule has 0 radical (unpaired) electrons. The van der Waals surface area contributed by atoms with E-state index in [1.54, 1.807) is 18.2 Å². The summed E-state index contributed by atoms with van der Waals surface area (Å²) in [6.45, 7) is 1.87. The van der Waals surface area contributed by atoms with E-state index in [0.29, 0.717) is 5.69 Å². The molecule has 0 amide bonds. The Labute approximate surface area is 121 Å². The van der Waals surface area contributed by atoms with Crippen LogP contribution in [-0.4, -0.2) is 7.11 Å². The van der Waals surface area contributed by atoms with Gasteiger partial charge in [-0.15, -0.1) is 0 Å². The van der Waals surface area contributed by atoms with Crippen LogP contribution in [0.3, 0.4) is 0 Å². The van der Waals surface area contributed by atoms with Crippen LogP contribution in [0.1, 0.15) is 18.5 Å². The van der Waals surface area contributed by atoms with Gasteiger partial charge in [0.05, 0.1) is 12.1 Å². The van der Waals surface area contributed by atoms with Crippen LogP contribution >= 0.6 is 11.6 Å². The second-order valence-electron chi connectivity index (χ2n) is 4.39. The molecule has 0 fully saturated rings. The molecular formula is C15H14ClF2NO. The molecule has 0 aliphatic rings. The van der Waals surface area contributed by atoms with Gasteiger partial charge in [-0.3, -0.25) is 0 Å². The molecule has 2 nitrogen and oxygen atoms in total. The number of methoxy groups -OCH3 is 1. The van der Waals surface area contributed by atoms with E-state index in [9.17, 15) is 8.78 Å². The van der Waals surface area contributed by atoms with Crippen molar-refractivity contribution in [3.8, 4) is 5.75 Å². The molecule has 2 rings (SSSR count). The summed E-state index contributed by atoms with van der Waals surface area (Å²) in [5.74, 6) is -0.693. The van der Waals surface area contributed by atoms with Gasteiger partial charge >= 0.3 is 0 Å². The van der Waals surface area contributed by atoms with Gasteiger partial charge in [-0.05, 0) is 42.8 Å². The van der Waals surface area contributed by atoms with Gasteiger partial charge in [-0.1, -0.05) is 17.7 Å². The van der Waals surface area contributed by atoms with Crippen LogP contribution in [0.25, 0.3) is 0 Å². The summed E-state index contributed by atoms with van der Waals surface area (Å²) in [4.78, 5) is 0. The maximum absolute atomic E-state index is 13.6. The van der Waals surface area contributed by atoms with Gasteiger partial charge in [0.15, 0.2) is 11.6 Å². The molecule has 106 valence electrons. The summed E-state index contributed by atoms with van der Waals surface area (Å²) in [7, 11) is 1.42. The molecule has 0 aromatic heterocycles. The summed E-state index contributed by atoms with van der Waals surface area (Å²) in [6, 6.07) is 8.95. The Morgan fingerprint density at radius 3 is 2.45 bits per heavy atom. The molecule has 1 atom stereocenters. The van der Waals surface area contributed by atoms with Gasteiger partial charge in [0, 0.05) is 11.7 Å². The van der Waals surface area contributed by atoms with Gasteiger partial charge in [0.1, 0.15) is 5.82 Å². The van der Waals surface area contributed by atoms with Crippen LogP contribution in [0.5, 0.6) is 5.75 Å². The van der Waals surface area contributed by atoms with E-state index in [1.807, 2.05) is 6.92 Å². The highest BCUT2D eigenvalue weighted by atomic mass is 35.5. The van der Waals surface area contributed by atoms with E-state index in [2.05, 4.69) is 5.32 Å². The Bertz CT molecular complexity index is 619. The van der Waals surface area contributed by atoms with Gasteiger partial charge < -0.3 is 10.1 Å². The van der Waals surface area contributed by atoms with Crippen molar-refractivity contribution in [2.45, 2.75) is 13.0 Å².